The fourth-order valence-electron chi connectivity index (χ4n) is 4.08. The van der Waals surface area contributed by atoms with Gasteiger partial charge in [0.2, 0.25) is 5.95 Å². The van der Waals surface area contributed by atoms with Crippen LogP contribution in [0, 0.1) is 0 Å². The molecular formula is C22H23F3N8O. The molecule has 0 aliphatic carbocycles. The first-order valence-electron chi connectivity index (χ1n) is 10.7. The highest BCUT2D eigenvalue weighted by atomic mass is 19.4. The molecule has 0 fully saturated rings. The van der Waals surface area contributed by atoms with Crippen molar-refractivity contribution < 1.29 is 17.9 Å². The molecule has 5 heterocycles. The first-order valence-corrected chi connectivity index (χ1v) is 10.7. The van der Waals surface area contributed by atoms with E-state index in [1.165, 1.54) is 12.3 Å². The van der Waals surface area contributed by atoms with E-state index in [2.05, 4.69) is 29.9 Å². The van der Waals surface area contributed by atoms with E-state index in [1.807, 2.05) is 25.5 Å². The van der Waals surface area contributed by atoms with Crippen molar-refractivity contribution in [2.45, 2.75) is 31.9 Å². The molecule has 5 rings (SSSR count). The van der Waals surface area contributed by atoms with E-state index < -0.39 is 11.9 Å². The van der Waals surface area contributed by atoms with E-state index in [-0.39, 0.29) is 6.04 Å². The Morgan fingerprint density at radius 1 is 1.15 bits per heavy atom. The molecule has 12 heteroatoms. The summed E-state index contributed by atoms with van der Waals surface area (Å²) < 4.78 is 47.2. The van der Waals surface area contributed by atoms with E-state index in [9.17, 15) is 13.2 Å². The fourth-order valence-corrected chi connectivity index (χ4v) is 4.08. The van der Waals surface area contributed by atoms with Crippen molar-refractivity contribution in [3.05, 3.63) is 59.8 Å². The maximum absolute atomic E-state index is 12.7. The second-order valence-corrected chi connectivity index (χ2v) is 8.24. The van der Waals surface area contributed by atoms with Crippen molar-refractivity contribution in [1.29, 1.82) is 0 Å². The number of halogens is 3. The van der Waals surface area contributed by atoms with Crippen molar-refractivity contribution in [3.8, 4) is 0 Å². The Morgan fingerprint density at radius 3 is 2.74 bits per heavy atom. The Kier molecular flexibility index (Phi) is 5.60. The molecule has 4 aromatic heterocycles. The number of methoxy groups -OCH3 is 1. The van der Waals surface area contributed by atoms with Crippen LogP contribution in [0.15, 0.2) is 43.0 Å². The van der Waals surface area contributed by atoms with Gasteiger partial charge in [-0.3, -0.25) is 9.67 Å². The van der Waals surface area contributed by atoms with Crippen LogP contribution in [-0.2, 0) is 30.5 Å². The smallest absolute Gasteiger partial charge is 0.382 e. The third-order valence-electron chi connectivity index (χ3n) is 5.84. The molecule has 0 aromatic carbocycles. The number of anilines is 2. The normalized spacial score (nSPS) is 15.8. The summed E-state index contributed by atoms with van der Waals surface area (Å²) in [6.45, 7) is 2.17. The number of ether oxygens (including phenoxy) is 1. The quantitative estimate of drug-likeness (QED) is 0.442. The van der Waals surface area contributed by atoms with Crippen LogP contribution in [0.3, 0.4) is 0 Å². The number of likely N-dealkylation sites (N-methyl/N-ethyl adjacent to an activating group) is 1. The van der Waals surface area contributed by atoms with Crippen LogP contribution in [-0.4, -0.2) is 56.1 Å². The molecule has 1 aliphatic heterocycles. The van der Waals surface area contributed by atoms with Gasteiger partial charge in [-0.25, -0.2) is 4.98 Å². The Balaban J connectivity index is 1.27. The van der Waals surface area contributed by atoms with Crippen LogP contribution in [0.1, 0.15) is 16.8 Å². The van der Waals surface area contributed by atoms with Gasteiger partial charge in [0.1, 0.15) is 11.2 Å². The minimum absolute atomic E-state index is 0.175. The number of hydrogen-bond donors (Lipinski definition) is 1. The lowest BCUT2D eigenvalue weighted by atomic mass is 10.2. The van der Waals surface area contributed by atoms with Crippen LogP contribution in [0.25, 0.3) is 11.0 Å². The highest BCUT2D eigenvalue weighted by Gasteiger charge is 2.32. The highest BCUT2D eigenvalue weighted by Crippen LogP contribution is 2.31. The number of nitrogens with one attached hydrogen (secondary N) is 1. The summed E-state index contributed by atoms with van der Waals surface area (Å²) in [7, 11) is 3.70. The summed E-state index contributed by atoms with van der Waals surface area (Å²) in [5.41, 5.74) is 2.47. The molecule has 0 amide bonds. The molecule has 1 aliphatic rings. The second kappa shape index (κ2) is 8.60. The molecule has 4 aromatic rings. The molecule has 178 valence electrons. The zero-order valence-corrected chi connectivity index (χ0v) is 18.6. The van der Waals surface area contributed by atoms with Gasteiger partial charge >= 0.3 is 6.18 Å². The van der Waals surface area contributed by atoms with Gasteiger partial charge in [0.15, 0.2) is 5.82 Å². The topological polar surface area (TPSA) is 85.9 Å². The first kappa shape index (κ1) is 22.1. The van der Waals surface area contributed by atoms with Crippen molar-refractivity contribution in [3.63, 3.8) is 0 Å². The van der Waals surface area contributed by atoms with Gasteiger partial charge in [-0.1, -0.05) is 6.07 Å². The van der Waals surface area contributed by atoms with Gasteiger partial charge in [-0.15, -0.1) is 0 Å². The summed E-state index contributed by atoms with van der Waals surface area (Å²) in [5.74, 6) is 1.35. The molecular weight excluding hydrogens is 449 g/mol. The Morgan fingerprint density at radius 2 is 2.00 bits per heavy atom. The van der Waals surface area contributed by atoms with Crippen LogP contribution in [0.4, 0.5) is 24.9 Å². The molecule has 0 radical (unpaired) electrons. The van der Waals surface area contributed by atoms with Crippen molar-refractivity contribution in [1.82, 2.24) is 29.3 Å². The average Bonchev–Trinajstić information content (AvgIpc) is 3.43. The molecule has 34 heavy (non-hydrogen) atoms. The maximum Gasteiger partial charge on any atom is 0.433 e. The third kappa shape index (κ3) is 4.28. The number of pyridine rings is 1. The van der Waals surface area contributed by atoms with Crippen LogP contribution in [0.2, 0.25) is 0 Å². The number of nitrogens with zero attached hydrogens (tertiary/aromatic N) is 7. The summed E-state index contributed by atoms with van der Waals surface area (Å²) in [6, 6.07) is 4.53. The summed E-state index contributed by atoms with van der Waals surface area (Å²) in [4.78, 5) is 15.0. The predicted molar refractivity (Wildman–Crippen MR) is 119 cm³/mol. The minimum atomic E-state index is -4.45. The highest BCUT2D eigenvalue weighted by molar-refractivity contribution is 5.89. The lowest BCUT2D eigenvalue weighted by molar-refractivity contribution is -0.141. The summed E-state index contributed by atoms with van der Waals surface area (Å²) in [6.07, 6.45) is 2.31. The number of hydrogen-bond acceptors (Lipinski definition) is 7. The Hall–Kier alpha value is -3.67. The van der Waals surface area contributed by atoms with Gasteiger partial charge in [0.25, 0.3) is 0 Å². The van der Waals surface area contributed by atoms with Gasteiger partial charge in [-0.05, 0) is 17.7 Å². The monoisotopic (exact) mass is 472 g/mol. The van der Waals surface area contributed by atoms with E-state index in [4.69, 9.17) is 9.72 Å². The van der Waals surface area contributed by atoms with Gasteiger partial charge in [0, 0.05) is 51.4 Å². The van der Waals surface area contributed by atoms with E-state index in [0.29, 0.717) is 31.2 Å². The lowest BCUT2D eigenvalue weighted by Crippen LogP contribution is -2.42. The maximum atomic E-state index is 12.7. The molecule has 1 atom stereocenters. The number of aromatic nitrogens is 6. The van der Waals surface area contributed by atoms with Crippen molar-refractivity contribution in [2.24, 2.45) is 0 Å². The molecule has 9 nitrogen and oxygen atoms in total. The zero-order valence-electron chi connectivity index (χ0n) is 18.6. The Labute approximate surface area is 193 Å². The van der Waals surface area contributed by atoms with Crippen LogP contribution in [0.5, 0.6) is 0 Å². The molecule has 0 unspecified atom stereocenters. The third-order valence-corrected chi connectivity index (χ3v) is 5.84. The SMILES string of the molecule is COC[C@H]1Cn2ccc3nc(NCc4cnn(Cc5ccc(C(F)(F)F)nc5)c4)nc(c32)N1C. The molecule has 1 N–H and O–H groups in total. The van der Waals surface area contributed by atoms with E-state index in [0.717, 1.165) is 35.0 Å². The van der Waals surface area contributed by atoms with Gasteiger partial charge in [-0.2, -0.15) is 23.3 Å². The van der Waals surface area contributed by atoms with Gasteiger partial charge in [0.05, 0.1) is 30.9 Å². The first-order chi connectivity index (χ1) is 16.3. The summed E-state index contributed by atoms with van der Waals surface area (Å²) in [5, 5.41) is 7.54. The largest absolute Gasteiger partial charge is 0.433 e. The Bertz CT molecular complexity index is 1300. The number of alkyl halides is 3. The zero-order chi connectivity index (χ0) is 23.9. The predicted octanol–water partition coefficient (Wildman–Crippen LogP) is 3.17. The van der Waals surface area contributed by atoms with Crippen molar-refractivity contribution >= 4 is 22.8 Å². The van der Waals surface area contributed by atoms with Gasteiger partial charge < -0.3 is 19.5 Å². The molecule has 0 saturated heterocycles. The average molecular weight is 472 g/mol. The van der Waals surface area contributed by atoms with Crippen LogP contribution < -0.4 is 10.2 Å². The lowest BCUT2D eigenvalue weighted by Gasteiger charge is -2.34. The van der Waals surface area contributed by atoms with Crippen molar-refractivity contribution in [2.75, 3.05) is 31.0 Å². The molecule has 0 spiro atoms. The molecule has 0 bridgehead atoms. The fraction of sp³-hybridized carbons (Fsp3) is 0.364. The number of rotatable bonds is 7. The van der Waals surface area contributed by atoms with E-state index in [1.54, 1.807) is 18.0 Å². The minimum Gasteiger partial charge on any atom is -0.382 e. The van der Waals surface area contributed by atoms with Crippen LogP contribution >= 0.6 is 0 Å². The second-order valence-electron chi connectivity index (χ2n) is 8.24. The standard InChI is InChI=1S/C22H23F3N8O/c1-31-16(13-34-2)12-32-6-5-17-19(32)20(31)30-21(29-17)27-8-15-9-28-33(11-15)10-14-3-4-18(26-7-14)22(23,24)25/h3-7,9,11,16H,8,10,12-13H2,1-2H3,(H,27,29,30)/t16-/m1/s1. The molecule has 0 saturated carbocycles. The van der Waals surface area contributed by atoms with E-state index >= 15 is 0 Å². The summed E-state index contributed by atoms with van der Waals surface area (Å²) >= 11 is 0.